The molecule has 1 atom stereocenters. The Hall–Kier alpha value is -0.290. The Labute approximate surface area is 119 Å². The Bertz CT molecular complexity index is 401. The fraction of sp³-hybridized carbons (Fsp3) is 0.364. The zero-order valence-corrected chi connectivity index (χ0v) is 12.3. The monoisotopic (exact) mass is 339 g/mol. The van der Waals surface area contributed by atoms with Crippen LogP contribution in [0.15, 0.2) is 22.7 Å². The minimum Gasteiger partial charge on any atom is -0.383 e. The molecule has 0 heterocycles. The molecule has 1 aromatic rings. The number of carbonyl (C=O) groups is 1. The van der Waals surface area contributed by atoms with Crippen molar-refractivity contribution in [2.75, 3.05) is 19.6 Å². The van der Waals surface area contributed by atoms with Crippen LogP contribution in [0.25, 0.3) is 0 Å². The number of hydrogen-bond acceptors (Lipinski definition) is 2. The molecule has 0 aliphatic heterocycles. The fourth-order valence-electron chi connectivity index (χ4n) is 1.23. The normalized spacial score (nSPS) is 12.2. The third kappa shape index (κ3) is 4.47. The Balaban J connectivity index is 2.72. The Morgan fingerprint density at radius 3 is 2.82 bits per heavy atom. The summed E-state index contributed by atoms with van der Waals surface area (Å²) in [6.07, 6.45) is 0. The molecule has 0 bridgehead atoms. The quantitative estimate of drug-likeness (QED) is 0.836. The summed E-state index contributed by atoms with van der Waals surface area (Å²) in [7, 11) is 1.56. The Morgan fingerprint density at radius 2 is 2.29 bits per heavy atom. The van der Waals surface area contributed by atoms with Gasteiger partial charge in [0, 0.05) is 23.0 Å². The lowest BCUT2D eigenvalue weighted by atomic mass is 10.2. The molecule has 0 aliphatic carbocycles. The van der Waals surface area contributed by atoms with E-state index in [1.807, 2.05) is 0 Å². The smallest absolute Gasteiger partial charge is 0.251 e. The average molecular weight is 341 g/mol. The van der Waals surface area contributed by atoms with Crippen molar-refractivity contribution in [1.82, 2.24) is 5.32 Å². The van der Waals surface area contributed by atoms with E-state index in [4.69, 9.17) is 27.9 Å². The molecule has 0 fully saturated rings. The van der Waals surface area contributed by atoms with E-state index in [-0.39, 0.29) is 11.9 Å². The second kappa shape index (κ2) is 7.21. The van der Waals surface area contributed by atoms with Crippen LogP contribution in [0.2, 0.25) is 5.02 Å². The standard InChI is InChI=1S/C11H12BrCl2NO2/c1-17-6-8(5-13)15-11(16)7-2-3-10(14)9(12)4-7/h2-4,8H,5-6H2,1H3,(H,15,16). The number of nitrogens with one attached hydrogen (secondary N) is 1. The van der Waals surface area contributed by atoms with Crippen molar-refractivity contribution < 1.29 is 9.53 Å². The molecule has 0 aliphatic rings. The highest BCUT2D eigenvalue weighted by atomic mass is 79.9. The lowest BCUT2D eigenvalue weighted by molar-refractivity contribution is 0.0907. The molecule has 1 aromatic carbocycles. The van der Waals surface area contributed by atoms with Gasteiger partial charge in [-0.25, -0.2) is 0 Å². The largest absolute Gasteiger partial charge is 0.383 e. The summed E-state index contributed by atoms with van der Waals surface area (Å²) in [5.41, 5.74) is 0.521. The van der Waals surface area contributed by atoms with Crippen LogP contribution in [0, 0.1) is 0 Å². The van der Waals surface area contributed by atoms with Gasteiger partial charge in [-0.05, 0) is 34.1 Å². The molecule has 1 unspecified atom stereocenters. The summed E-state index contributed by atoms with van der Waals surface area (Å²) < 4.78 is 5.63. The van der Waals surface area contributed by atoms with Gasteiger partial charge >= 0.3 is 0 Å². The molecule has 0 saturated heterocycles. The minimum atomic E-state index is -0.205. The number of ether oxygens (including phenoxy) is 1. The number of benzene rings is 1. The van der Waals surface area contributed by atoms with Crippen LogP contribution >= 0.6 is 39.1 Å². The predicted octanol–water partition coefficient (Wildman–Crippen LogP) is 3.09. The summed E-state index contributed by atoms with van der Waals surface area (Å²) in [5.74, 6) is 0.0963. The number of methoxy groups -OCH3 is 1. The molecule has 94 valence electrons. The van der Waals surface area contributed by atoms with Crippen LogP contribution in [0.4, 0.5) is 0 Å². The average Bonchev–Trinajstić information content (AvgIpc) is 2.31. The zero-order chi connectivity index (χ0) is 12.8. The summed E-state index contributed by atoms with van der Waals surface area (Å²) in [5, 5.41) is 3.33. The maximum absolute atomic E-state index is 11.9. The zero-order valence-electron chi connectivity index (χ0n) is 9.17. The molecule has 1 amide bonds. The molecule has 1 N–H and O–H groups in total. The molecule has 0 radical (unpaired) electrons. The van der Waals surface area contributed by atoms with Crippen LogP contribution in [0.3, 0.4) is 0 Å². The topological polar surface area (TPSA) is 38.3 Å². The Morgan fingerprint density at radius 1 is 1.59 bits per heavy atom. The SMILES string of the molecule is COCC(CCl)NC(=O)c1ccc(Cl)c(Br)c1. The molecule has 17 heavy (non-hydrogen) atoms. The minimum absolute atomic E-state index is 0.204. The lowest BCUT2D eigenvalue weighted by Crippen LogP contribution is -2.39. The van der Waals surface area contributed by atoms with Gasteiger partial charge in [0.25, 0.3) is 5.91 Å². The first-order valence-corrected chi connectivity index (χ1v) is 6.59. The molecule has 1 rings (SSSR count). The predicted molar refractivity (Wildman–Crippen MR) is 73.0 cm³/mol. The summed E-state index contributed by atoms with van der Waals surface area (Å²) in [4.78, 5) is 11.9. The molecular weight excluding hydrogens is 329 g/mol. The summed E-state index contributed by atoms with van der Waals surface area (Å²) >= 11 is 14.8. The van der Waals surface area contributed by atoms with Crippen molar-refractivity contribution in [2.24, 2.45) is 0 Å². The summed E-state index contributed by atoms with van der Waals surface area (Å²) in [6.45, 7) is 0.379. The van der Waals surface area contributed by atoms with Crippen molar-refractivity contribution in [2.45, 2.75) is 6.04 Å². The first kappa shape index (κ1) is 14.8. The van der Waals surface area contributed by atoms with Gasteiger partial charge in [-0.15, -0.1) is 11.6 Å². The van der Waals surface area contributed by atoms with Gasteiger partial charge in [0.05, 0.1) is 17.7 Å². The first-order chi connectivity index (χ1) is 8.08. The van der Waals surface area contributed by atoms with E-state index >= 15 is 0 Å². The van der Waals surface area contributed by atoms with E-state index in [9.17, 15) is 4.79 Å². The maximum atomic E-state index is 11.9. The van der Waals surface area contributed by atoms with Crippen LogP contribution in [0.1, 0.15) is 10.4 Å². The lowest BCUT2D eigenvalue weighted by Gasteiger charge is -2.15. The van der Waals surface area contributed by atoms with Crippen LogP contribution in [0.5, 0.6) is 0 Å². The third-order valence-electron chi connectivity index (χ3n) is 2.07. The first-order valence-electron chi connectivity index (χ1n) is 4.89. The number of halogens is 3. The van der Waals surface area contributed by atoms with Gasteiger partial charge in [-0.2, -0.15) is 0 Å². The van der Waals surface area contributed by atoms with Gasteiger partial charge in [0.15, 0.2) is 0 Å². The molecular formula is C11H12BrCl2NO2. The Kier molecular flexibility index (Phi) is 6.27. The van der Waals surface area contributed by atoms with E-state index in [2.05, 4.69) is 21.2 Å². The molecule has 6 heteroatoms. The van der Waals surface area contributed by atoms with Crippen molar-refractivity contribution >= 4 is 45.0 Å². The molecule has 0 aromatic heterocycles. The van der Waals surface area contributed by atoms with Crippen LogP contribution in [-0.4, -0.2) is 31.5 Å². The van der Waals surface area contributed by atoms with E-state index < -0.39 is 0 Å². The third-order valence-corrected chi connectivity index (χ3v) is 3.66. The van der Waals surface area contributed by atoms with E-state index in [1.54, 1.807) is 25.3 Å². The highest BCUT2D eigenvalue weighted by Crippen LogP contribution is 2.23. The summed E-state index contributed by atoms with van der Waals surface area (Å²) in [6, 6.07) is 4.77. The molecule has 3 nitrogen and oxygen atoms in total. The van der Waals surface area contributed by atoms with Gasteiger partial charge in [-0.1, -0.05) is 11.6 Å². The van der Waals surface area contributed by atoms with Crippen molar-refractivity contribution in [3.05, 3.63) is 33.3 Å². The second-order valence-electron chi connectivity index (χ2n) is 3.41. The molecule has 0 spiro atoms. The van der Waals surface area contributed by atoms with Gasteiger partial charge < -0.3 is 10.1 Å². The second-order valence-corrected chi connectivity index (χ2v) is 4.98. The van der Waals surface area contributed by atoms with E-state index in [1.165, 1.54) is 0 Å². The fourth-order valence-corrected chi connectivity index (χ4v) is 1.89. The molecule has 0 saturated carbocycles. The highest BCUT2D eigenvalue weighted by Gasteiger charge is 2.13. The number of hydrogen-bond donors (Lipinski definition) is 1. The number of alkyl halides is 1. The number of carbonyl (C=O) groups excluding carboxylic acids is 1. The van der Waals surface area contributed by atoms with Crippen molar-refractivity contribution in [3.8, 4) is 0 Å². The van der Waals surface area contributed by atoms with Gasteiger partial charge in [0.2, 0.25) is 0 Å². The van der Waals surface area contributed by atoms with Crippen molar-refractivity contribution in [3.63, 3.8) is 0 Å². The van der Waals surface area contributed by atoms with Gasteiger partial charge in [0.1, 0.15) is 0 Å². The van der Waals surface area contributed by atoms with Gasteiger partial charge in [-0.3, -0.25) is 4.79 Å². The van der Waals surface area contributed by atoms with Crippen molar-refractivity contribution in [1.29, 1.82) is 0 Å². The maximum Gasteiger partial charge on any atom is 0.251 e. The number of amides is 1. The number of rotatable bonds is 5. The van der Waals surface area contributed by atoms with E-state index in [0.717, 1.165) is 0 Å². The van der Waals surface area contributed by atoms with Crippen LogP contribution in [-0.2, 0) is 4.74 Å². The van der Waals surface area contributed by atoms with Crippen LogP contribution < -0.4 is 5.32 Å². The van der Waals surface area contributed by atoms with E-state index in [0.29, 0.717) is 27.5 Å². The highest BCUT2D eigenvalue weighted by molar-refractivity contribution is 9.10.